The van der Waals surface area contributed by atoms with Crippen molar-refractivity contribution in [1.29, 1.82) is 0 Å². The van der Waals surface area contributed by atoms with Gasteiger partial charge in [-0.3, -0.25) is 14.7 Å². The number of amidine groups is 1. The Kier molecular flexibility index (Phi) is 5.21. The Morgan fingerprint density at radius 1 is 1.00 bits per heavy atom. The second-order valence-electron chi connectivity index (χ2n) is 6.40. The van der Waals surface area contributed by atoms with Crippen molar-refractivity contribution in [2.24, 2.45) is 4.99 Å². The van der Waals surface area contributed by atoms with Crippen LogP contribution >= 0.6 is 11.8 Å². The molecular weight excluding hydrogens is 359 g/mol. The monoisotopic (exact) mass is 378 g/mol. The molecule has 1 heterocycles. The molecule has 3 aromatic carbocycles. The molecule has 3 nitrogen and oxygen atoms in total. The van der Waals surface area contributed by atoms with Gasteiger partial charge in [0, 0.05) is 12.3 Å². The standard InChI is InChI=1S/C22H19FN2OS/c23-20-11-4-2-7-18(20)15-27-22-24-12-13-25(22)21(26)14-17-9-5-8-16-6-1-3-10-19(16)17/h1-11H,12-15H2. The predicted molar refractivity (Wildman–Crippen MR) is 109 cm³/mol. The highest BCUT2D eigenvalue weighted by atomic mass is 32.2. The summed E-state index contributed by atoms with van der Waals surface area (Å²) in [5.41, 5.74) is 1.64. The molecule has 1 aliphatic rings. The largest absolute Gasteiger partial charge is 0.289 e. The van der Waals surface area contributed by atoms with E-state index in [0.717, 1.165) is 16.3 Å². The highest BCUT2D eigenvalue weighted by molar-refractivity contribution is 8.13. The normalized spacial score (nSPS) is 13.8. The van der Waals surface area contributed by atoms with Gasteiger partial charge >= 0.3 is 0 Å². The fourth-order valence-corrected chi connectivity index (χ4v) is 4.29. The van der Waals surface area contributed by atoms with Crippen molar-refractivity contribution in [1.82, 2.24) is 4.90 Å². The van der Waals surface area contributed by atoms with Gasteiger partial charge in [-0.1, -0.05) is 72.4 Å². The van der Waals surface area contributed by atoms with E-state index < -0.39 is 0 Å². The fraction of sp³-hybridized carbons (Fsp3) is 0.182. The number of nitrogens with zero attached hydrogens (tertiary/aromatic N) is 2. The molecule has 3 aromatic rings. The molecule has 1 amide bonds. The van der Waals surface area contributed by atoms with Crippen LogP contribution in [0.15, 0.2) is 71.7 Å². The summed E-state index contributed by atoms with van der Waals surface area (Å²) in [7, 11) is 0. The van der Waals surface area contributed by atoms with Crippen molar-refractivity contribution in [2.75, 3.05) is 13.1 Å². The summed E-state index contributed by atoms with van der Waals surface area (Å²) in [6, 6.07) is 20.8. The second kappa shape index (κ2) is 7.92. The molecule has 0 radical (unpaired) electrons. The third kappa shape index (κ3) is 3.88. The van der Waals surface area contributed by atoms with Gasteiger partial charge < -0.3 is 0 Å². The number of amides is 1. The van der Waals surface area contributed by atoms with Crippen LogP contribution < -0.4 is 0 Å². The molecule has 1 aliphatic heterocycles. The molecule has 0 aliphatic carbocycles. The fourth-order valence-electron chi connectivity index (χ4n) is 3.24. The molecule has 0 atom stereocenters. The molecule has 0 saturated heterocycles. The zero-order chi connectivity index (χ0) is 18.6. The molecule has 0 saturated carbocycles. The number of carbonyl (C=O) groups excluding carboxylic acids is 1. The van der Waals surface area contributed by atoms with Crippen LogP contribution in [0.2, 0.25) is 0 Å². The Morgan fingerprint density at radius 3 is 2.63 bits per heavy atom. The van der Waals surface area contributed by atoms with Crippen LogP contribution in [0.1, 0.15) is 11.1 Å². The summed E-state index contributed by atoms with van der Waals surface area (Å²) in [6.07, 6.45) is 0.334. The van der Waals surface area contributed by atoms with E-state index in [1.165, 1.54) is 17.8 Å². The molecule has 27 heavy (non-hydrogen) atoms. The SMILES string of the molecule is O=C(Cc1cccc2ccccc12)N1CCN=C1SCc1ccccc1F. The maximum absolute atomic E-state index is 13.8. The zero-order valence-electron chi connectivity index (χ0n) is 14.8. The van der Waals surface area contributed by atoms with Crippen molar-refractivity contribution in [2.45, 2.75) is 12.2 Å². The van der Waals surface area contributed by atoms with Gasteiger partial charge in [0.05, 0.1) is 13.0 Å². The minimum Gasteiger partial charge on any atom is -0.289 e. The predicted octanol–water partition coefficient (Wildman–Crippen LogP) is 4.65. The number of benzene rings is 3. The van der Waals surface area contributed by atoms with E-state index in [9.17, 15) is 9.18 Å². The number of rotatable bonds is 4. The van der Waals surface area contributed by atoms with Crippen LogP contribution in [0.25, 0.3) is 10.8 Å². The summed E-state index contributed by atoms with van der Waals surface area (Å²) in [6.45, 7) is 1.18. The maximum Gasteiger partial charge on any atom is 0.233 e. The zero-order valence-corrected chi connectivity index (χ0v) is 15.6. The smallest absolute Gasteiger partial charge is 0.233 e. The Labute approximate surface area is 161 Å². The summed E-state index contributed by atoms with van der Waals surface area (Å²) in [4.78, 5) is 19.1. The lowest BCUT2D eigenvalue weighted by atomic mass is 10.0. The van der Waals surface area contributed by atoms with Crippen molar-refractivity contribution in [3.05, 3.63) is 83.7 Å². The number of carbonyl (C=O) groups is 1. The van der Waals surface area contributed by atoms with Crippen LogP contribution in [-0.2, 0) is 17.0 Å². The van der Waals surface area contributed by atoms with Crippen LogP contribution in [0, 0.1) is 5.82 Å². The Bertz CT molecular complexity index is 1010. The van der Waals surface area contributed by atoms with E-state index in [4.69, 9.17) is 0 Å². The summed E-state index contributed by atoms with van der Waals surface area (Å²) in [5, 5.41) is 2.92. The second-order valence-corrected chi connectivity index (χ2v) is 7.35. The van der Waals surface area contributed by atoms with Gasteiger partial charge in [0.2, 0.25) is 5.91 Å². The Morgan fingerprint density at radius 2 is 1.74 bits per heavy atom. The molecule has 0 aromatic heterocycles. The Balaban J connectivity index is 1.46. The van der Waals surface area contributed by atoms with Crippen molar-refractivity contribution in [3.8, 4) is 0 Å². The number of thioether (sulfide) groups is 1. The molecule has 4 rings (SSSR count). The first-order valence-electron chi connectivity index (χ1n) is 8.90. The van der Waals surface area contributed by atoms with Gasteiger partial charge in [0.15, 0.2) is 5.17 Å². The summed E-state index contributed by atoms with van der Waals surface area (Å²) >= 11 is 1.42. The van der Waals surface area contributed by atoms with E-state index >= 15 is 0 Å². The number of hydrogen-bond acceptors (Lipinski definition) is 3. The van der Waals surface area contributed by atoms with E-state index in [1.807, 2.05) is 36.4 Å². The average molecular weight is 378 g/mol. The molecule has 0 bridgehead atoms. The first kappa shape index (κ1) is 17.7. The van der Waals surface area contributed by atoms with Crippen molar-refractivity contribution in [3.63, 3.8) is 0 Å². The van der Waals surface area contributed by atoms with Crippen molar-refractivity contribution >= 4 is 33.6 Å². The molecule has 0 fully saturated rings. The highest BCUT2D eigenvalue weighted by Gasteiger charge is 2.24. The third-order valence-electron chi connectivity index (χ3n) is 4.64. The minimum atomic E-state index is -0.225. The number of halogens is 1. The van der Waals surface area contributed by atoms with Gasteiger partial charge in [-0.2, -0.15) is 0 Å². The van der Waals surface area contributed by atoms with Crippen LogP contribution in [0.5, 0.6) is 0 Å². The van der Waals surface area contributed by atoms with Gasteiger partial charge in [-0.15, -0.1) is 0 Å². The first-order chi connectivity index (χ1) is 13.2. The van der Waals surface area contributed by atoms with Gasteiger partial charge in [0.1, 0.15) is 5.82 Å². The number of fused-ring (bicyclic) bond motifs is 1. The first-order valence-corrected chi connectivity index (χ1v) is 9.88. The highest BCUT2D eigenvalue weighted by Crippen LogP contribution is 2.24. The summed E-state index contributed by atoms with van der Waals surface area (Å²) in [5.74, 6) is 0.268. The van der Waals surface area contributed by atoms with Crippen molar-refractivity contribution < 1.29 is 9.18 Å². The quantitative estimate of drug-likeness (QED) is 0.662. The lowest BCUT2D eigenvalue weighted by molar-refractivity contribution is -0.126. The molecule has 0 unspecified atom stereocenters. The molecule has 136 valence electrons. The summed E-state index contributed by atoms with van der Waals surface area (Å²) < 4.78 is 13.8. The molecule has 5 heteroatoms. The Hall–Kier alpha value is -2.66. The van der Waals surface area contributed by atoms with Crippen LogP contribution in [-0.4, -0.2) is 29.1 Å². The van der Waals surface area contributed by atoms with E-state index in [0.29, 0.717) is 36.0 Å². The van der Waals surface area contributed by atoms with Gasteiger partial charge in [-0.25, -0.2) is 4.39 Å². The minimum absolute atomic E-state index is 0.0311. The molecular formula is C22H19FN2OS. The molecule has 0 spiro atoms. The van der Waals surface area contributed by atoms with Crippen LogP contribution in [0.4, 0.5) is 4.39 Å². The number of hydrogen-bond donors (Lipinski definition) is 0. The average Bonchev–Trinajstić information content (AvgIpc) is 3.16. The van der Waals surface area contributed by atoms with E-state index in [2.05, 4.69) is 17.1 Å². The van der Waals surface area contributed by atoms with Gasteiger partial charge in [0.25, 0.3) is 0 Å². The lowest BCUT2D eigenvalue weighted by Gasteiger charge is -2.18. The van der Waals surface area contributed by atoms with Crippen LogP contribution in [0.3, 0.4) is 0 Å². The van der Waals surface area contributed by atoms with E-state index in [-0.39, 0.29) is 11.7 Å². The number of aliphatic imine (C=N–C) groups is 1. The third-order valence-corrected chi connectivity index (χ3v) is 5.70. The van der Waals surface area contributed by atoms with E-state index in [1.54, 1.807) is 17.0 Å². The molecule has 0 N–H and O–H groups in total. The lowest BCUT2D eigenvalue weighted by Crippen LogP contribution is -2.34. The topological polar surface area (TPSA) is 32.7 Å². The van der Waals surface area contributed by atoms with Gasteiger partial charge in [-0.05, 0) is 28.0 Å². The maximum atomic E-state index is 13.8.